The monoisotopic (exact) mass is 452 g/mol. The highest BCUT2D eigenvalue weighted by Gasteiger charge is 2.31. The fraction of sp³-hybridized carbons (Fsp3) is 0.333. The normalized spacial score (nSPS) is 17.0. The minimum atomic E-state index is -0.529. The molecule has 2 aliphatic carbocycles. The summed E-state index contributed by atoms with van der Waals surface area (Å²) in [7, 11) is 1.55. The summed E-state index contributed by atoms with van der Waals surface area (Å²) in [6.45, 7) is 0.622. The molecular formula is C27H26F2O4. The highest BCUT2D eigenvalue weighted by molar-refractivity contribution is 5.48. The summed E-state index contributed by atoms with van der Waals surface area (Å²) >= 11 is 0. The Labute approximate surface area is 192 Å². The van der Waals surface area contributed by atoms with E-state index in [1.807, 2.05) is 12.1 Å². The van der Waals surface area contributed by atoms with Gasteiger partial charge >= 0.3 is 0 Å². The molecule has 0 saturated heterocycles. The van der Waals surface area contributed by atoms with Gasteiger partial charge in [0.25, 0.3) is 0 Å². The minimum Gasteiger partial charge on any atom is -0.488 e. The highest BCUT2D eigenvalue weighted by atomic mass is 19.1. The Bertz CT molecular complexity index is 1130. The molecule has 0 bridgehead atoms. The molecule has 5 rings (SSSR count). The molecule has 172 valence electrons. The van der Waals surface area contributed by atoms with Crippen LogP contribution >= 0.6 is 0 Å². The van der Waals surface area contributed by atoms with E-state index in [0.29, 0.717) is 42.4 Å². The van der Waals surface area contributed by atoms with Crippen LogP contribution in [0.2, 0.25) is 0 Å². The topological polar surface area (TPSA) is 36.9 Å². The van der Waals surface area contributed by atoms with Gasteiger partial charge in [-0.05, 0) is 73.6 Å². The third-order valence-electron chi connectivity index (χ3n) is 6.12. The number of benzene rings is 3. The Morgan fingerprint density at radius 2 is 1.58 bits per heavy atom. The lowest BCUT2D eigenvalue weighted by Gasteiger charge is -2.17. The first-order valence-corrected chi connectivity index (χ1v) is 11.3. The summed E-state index contributed by atoms with van der Waals surface area (Å²) in [5.74, 6) is 1.52. The predicted molar refractivity (Wildman–Crippen MR) is 120 cm³/mol. The van der Waals surface area contributed by atoms with Gasteiger partial charge < -0.3 is 18.9 Å². The summed E-state index contributed by atoms with van der Waals surface area (Å²) in [6, 6.07) is 15.5. The van der Waals surface area contributed by atoms with Gasteiger partial charge in [-0.1, -0.05) is 12.1 Å². The van der Waals surface area contributed by atoms with Crippen LogP contribution in [0.1, 0.15) is 48.0 Å². The molecule has 1 unspecified atom stereocenters. The maximum absolute atomic E-state index is 14.8. The van der Waals surface area contributed by atoms with Crippen molar-refractivity contribution in [3.05, 3.63) is 82.9 Å². The summed E-state index contributed by atoms with van der Waals surface area (Å²) in [6.07, 6.45) is 3.38. The van der Waals surface area contributed by atoms with Crippen LogP contribution < -0.4 is 14.2 Å². The van der Waals surface area contributed by atoms with E-state index >= 15 is 0 Å². The van der Waals surface area contributed by atoms with Gasteiger partial charge in [-0.3, -0.25) is 0 Å². The van der Waals surface area contributed by atoms with Crippen molar-refractivity contribution in [2.24, 2.45) is 0 Å². The number of hydrogen-bond acceptors (Lipinski definition) is 4. The van der Waals surface area contributed by atoms with Crippen LogP contribution in [0.5, 0.6) is 23.0 Å². The van der Waals surface area contributed by atoms with Gasteiger partial charge in [0, 0.05) is 24.3 Å². The molecule has 1 fully saturated rings. The molecule has 0 amide bonds. The lowest BCUT2D eigenvalue weighted by atomic mass is 10.1. The van der Waals surface area contributed by atoms with E-state index in [2.05, 4.69) is 12.1 Å². The molecule has 1 atom stereocenters. The van der Waals surface area contributed by atoms with Crippen LogP contribution in [-0.2, 0) is 11.2 Å². The number of fused-ring (bicyclic) bond motifs is 1. The second-order valence-corrected chi connectivity index (χ2v) is 8.46. The first-order valence-electron chi connectivity index (χ1n) is 11.3. The van der Waals surface area contributed by atoms with Crippen molar-refractivity contribution in [3.8, 4) is 23.0 Å². The number of rotatable bonds is 9. The fourth-order valence-corrected chi connectivity index (χ4v) is 4.28. The average Bonchev–Trinajstić information content (AvgIpc) is 3.58. The first-order chi connectivity index (χ1) is 16.1. The number of hydrogen-bond donors (Lipinski definition) is 0. The van der Waals surface area contributed by atoms with Crippen molar-refractivity contribution in [1.29, 1.82) is 0 Å². The molecule has 6 heteroatoms. The predicted octanol–water partition coefficient (Wildman–Crippen LogP) is 6.73. The molecule has 0 heterocycles. The SMILES string of the molecule is COCCOc1ccc(Oc2ccc(F)c3c2CCC3Oc2ccc(C3CC3)cc2)cc1F. The maximum atomic E-state index is 14.8. The molecule has 0 spiro atoms. The lowest BCUT2D eigenvalue weighted by molar-refractivity contribution is 0.144. The summed E-state index contributed by atoms with van der Waals surface area (Å²) in [4.78, 5) is 0. The van der Waals surface area contributed by atoms with Crippen LogP contribution in [-0.4, -0.2) is 20.3 Å². The number of ether oxygens (including phenoxy) is 4. The molecule has 1 saturated carbocycles. The van der Waals surface area contributed by atoms with E-state index in [4.69, 9.17) is 18.9 Å². The fourth-order valence-electron chi connectivity index (χ4n) is 4.28. The van der Waals surface area contributed by atoms with Gasteiger partial charge in [-0.25, -0.2) is 8.78 Å². The minimum absolute atomic E-state index is 0.130. The Balaban J connectivity index is 1.31. The third-order valence-corrected chi connectivity index (χ3v) is 6.12. The number of halogens is 2. The molecule has 0 aromatic heterocycles. The van der Waals surface area contributed by atoms with Gasteiger partial charge in [0.1, 0.15) is 35.8 Å². The van der Waals surface area contributed by atoms with Crippen molar-refractivity contribution in [2.75, 3.05) is 20.3 Å². The Hall–Kier alpha value is -3.12. The van der Waals surface area contributed by atoms with Crippen molar-refractivity contribution in [1.82, 2.24) is 0 Å². The zero-order valence-corrected chi connectivity index (χ0v) is 18.5. The van der Waals surface area contributed by atoms with Gasteiger partial charge in [0.15, 0.2) is 11.6 Å². The first kappa shape index (κ1) is 21.7. The maximum Gasteiger partial charge on any atom is 0.168 e. The standard InChI is InChI=1S/C27H26F2O4/c1-30-14-15-31-25-11-8-20(16-23(25)29)33-24-13-10-22(28)27-21(24)9-12-26(27)32-19-6-4-18(5-7-19)17-2-3-17/h4-8,10-11,13,16-17,26H,2-3,9,12,14-15H2,1H3. The van der Waals surface area contributed by atoms with E-state index in [1.165, 1.54) is 36.6 Å². The lowest BCUT2D eigenvalue weighted by Crippen LogP contribution is -2.06. The van der Waals surface area contributed by atoms with Crippen molar-refractivity contribution >= 4 is 0 Å². The van der Waals surface area contributed by atoms with Gasteiger partial charge in [-0.2, -0.15) is 0 Å². The highest BCUT2D eigenvalue weighted by Crippen LogP contribution is 2.44. The van der Waals surface area contributed by atoms with Crippen molar-refractivity contribution < 1.29 is 27.7 Å². The van der Waals surface area contributed by atoms with E-state index < -0.39 is 5.82 Å². The second kappa shape index (κ2) is 9.40. The van der Waals surface area contributed by atoms with Crippen LogP contribution in [0.15, 0.2) is 54.6 Å². The Morgan fingerprint density at radius 3 is 2.30 bits per heavy atom. The molecular weight excluding hydrogens is 426 g/mol. The second-order valence-electron chi connectivity index (χ2n) is 8.46. The summed E-state index contributed by atoms with van der Waals surface area (Å²) in [5.41, 5.74) is 2.60. The van der Waals surface area contributed by atoms with Gasteiger partial charge in [-0.15, -0.1) is 0 Å². The summed E-state index contributed by atoms with van der Waals surface area (Å²) in [5, 5.41) is 0. The molecule has 3 aromatic carbocycles. The Morgan fingerprint density at radius 1 is 0.818 bits per heavy atom. The zero-order valence-electron chi connectivity index (χ0n) is 18.5. The van der Waals surface area contributed by atoms with Crippen molar-refractivity contribution in [2.45, 2.75) is 37.7 Å². The quantitative estimate of drug-likeness (QED) is 0.338. The van der Waals surface area contributed by atoms with E-state index in [9.17, 15) is 8.78 Å². The van der Waals surface area contributed by atoms with E-state index in [0.717, 1.165) is 11.3 Å². The molecule has 33 heavy (non-hydrogen) atoms. The molecule has 0 N–H and O–H groups in total. The van der Waals surface area contributed by atoms with Gasteiger partial charge in [0.2, 0.25) is 0 Å². The molecule has 0 aliphatic heterocycles. The average molecular weight is 452 g/mol. The molecule has 0 radical (unpaired) electrons. The van der Waals surface area contributed by atoms with Crippen LogP contribution in [0.4, 0.5) is 8.78 Å². The molecule has 2 aliphatic rings. The van der Waals surface area contributed by atoms with Crippen LogP contribution in [0.25, 0.3) is 0 Å². The van der Waals surface area contributed by atoms with Crippen molar-refractivity contribution in [3.63, 3.8) is 0 Å². The Kier molecular flexibility index (Phi) is 6.18. The zero-order chi connectivity index (χ0) is 22.8. The summed E-state index contributed by atoms with van der Waals surface area (Å²) < 4.78 is 51.5. The largest absolute Gasteiger partial charge is 0.488 e. The molecule has 3 aromatic rings. The molecule has 4 nitrogen and oxygen atoms in total. The third kappa shape index (κ3) is 4.81. The smallest absolute Gasteiger partial charge is 0.168 e. The van der Waals surface area contributed by atoms with Gasteiger partial charge in [0.05, 0.1) is 6.61 Å². The number of methoxy groups -OCH3 is 1. The van der Waals surface area contributed by atoms with Crippen LogP contribution in [0, 0.1) is 11.6 Å². The van der Waals surface area contributed by atoms with Crippen LogP contribution in [0.3, 0.4) is 0 Å². The van der Waals surface area contributed by atoms with E-state index in [-0.39, 0.29) is 24.3 Å². The van der Waals surface area contributed by atoms with E-state index in [1.54, 1.807) is 19.2 Å².